The van der Waals surface area contributed by atoms with Gasteiger partial charge in [0, 0.05) is 18.0 Å². The Labute approximate surface area is 227 Å². The van der Waals surface area contributed by atoms with Crippen LogP contribution < -0.4 is 0 Å². The van der Waals surface area contributed by atoms with Crippen molar-refractivity contribution in [1.29, 1.82) is 5.26 Å². The summed E-state index contributed by atoms with van der Waals surface area (Å²) in [6.45, 7) is 0. The van der Waals surface area contributed by atoms with Gasteiger partial charge in [-0.15, -0.1) is 0 Å². The third-order valence-electron chi connectivity index (χ3n) is 7.71. The molecule has 7 rings (SSSR count). The van der Waals surface area contributed by atoms with Gasteiger partial charge < -0.3 is 0 Å². The molecule has 4 aromatic carbocycles. The van der Waals surface area contributed by atoms with Crippen molar-refractivity contribution in [3.63, 3.8) is 0 Å². The molecule has 0 spiro atoms. The van der Waals surface area contributed by atoms with Crippen molar-refractivity contribution in [1.82, 2.24) is 9.97 Å². The minimum Gasteiger partial charge on any atom is -0.255 e. The Hall–Kier alpha value is -5.33. The summed E-state index contributed by atoms with van der Waals surface area (Å²) in [4.78, 5) is 9.08. The van der Waals surface area contributed by atoms with Crippen molar-refractivity contribution in [3.05, 3.63) is 168 Å². The van der Waals surface area contributed by atoms with Crippen LogP contribution in [0.15, 0.2) is 140 Å². The summed E-state index contributed by atoms with van der Waals surface area (Å²) >= 11 is 0. The Morgan fingerprint density at radius 1 is 0.538 bits per heavy atom. The molecule has 0 bridgehead atoms. The lowest BCUT2D eigenvalue weighted by Gasteiger charge is -2.33. The number of fused-ring (bicyclic) bond motifs is 3. The van der Waals surface area contributed by atoms with Gasteiger partial charge in [0.05, 0.1) is 28.4 Å². The first-order valence-electron chi connectivity index (χ1n) is 13.0. The predicted molar refractivity (Wildman–Crippen MR) is 155 cm³/mol. The Balaban J connectivity index is 1.39. The van der Waals surface area contributed by atoms with Gasteiger partial charge in [0.2, 0.25) is 0 Å². The van der Waals surface area contributed by atoms with E-state index in [0.717, 1.165) is 16.8 Å². The van der Waals surface area contributed by atoms with E-state index in [1.165, 1.54) is 33.4 Å². The van der Waals surface area contributed by atoms with E-state index < -0.39 is 5.41 Å². The number of hydrogen-bond acceptors (Lipinski definition) is 3. The molecule has 6 aromatic rings. The molecule has 182 valence electrons. The Kier molecular flexibility index (Phi) is 5.39. The first kappa shape index (κ1) is 22.8. The summed E-state index contributed by atoms with van der Waals surface area (Å²) in [5, 5.41) is 9.23. The van der Waals surface area contributed by atoms with Crippen LogP contribution in [0.3, 0.4) is 0 Å². The van der Waals surface area contributed by atoms with Crippen molar-refractivity contribution in [2.75, 3.05) is 0 Å². The molecular formula is C36H23N3. The summed E-state index contributed by atoms with van der Waals surface area (Å²) in [5.74, 6) is 0. The number of aromatic nitrogens is 2. The highest BCUT2D eigenvalue weighted by molar-refractivity contribution is 5.88. The number of hydrogen-bond donors (Lipinski definition) is 0. The first-order chi connectivity index (χ1) is 19.3. The normalized spacial score (nSPS) is 12.8. The Morgan fingerprint density at radius 3 is 1.90 bits per heavy atom. The third-order valence-corrected chi connectivity index (χ3v) is 7.71. The van der Waals surface area contributed by atoms with Gasteiger partial charge in [-0.05, 0) is 63.2 Å². The number of rotatable bonds is 4. The summed E-state index contributed by atoms with van der Waals surface area (Å²) in [5.41, 5.74) is 11.3. The van der Waals surface area contributed by atoms with Gasteiger partial charge in [0.1, 0.15) is 0 Å². The highest BCUT2D eigenvalue weighted by Crippen LogP contribution is 2.56. The monoisotopic (exact) mass is 497 g/mol. The maximum atomic E-state index is 9.23. The van der Waals surface area contributed by atoms with Crippen molar-refractivity contribution in [3.8, 4) is 39.7 Å². The molecule has 3 heteroatoms. The summed E-state index contributed by atoms with van der Waals surface area (Å²) in [6, 6.07) is 46.9. The molecule has 2 heterocycles. The zero-order chi connectivity index (χ0) is 26.2. The average Bonchev–Trinajstić information content (AvgIpc) is 3.32. The molecule has 39 heavy (non-hydrogen) atoms. The van der Waals surface area contributed by atoms with Crippen LogP contribution >= 0.6 is 0 Å². The van der Waals surface area contributed by atoms with Crippen molar-refractivity contribution in [2.24, 2.45) is 0 Å². The van der Waals surface area contributed by atoms with Crippen LogP contribution in [0.5, 0.6) is 0 Å². The molecule has 1 aliphatic rings. The van der Waals surface area contributed by atoms with Gasteiger partial charge in [-0.1, -0.05) is 103 Å². The quantitative estimate of drug-likeness (QED) is 0.247. The lowest BCUT2D eigenvalue weighted by atomic mass is 9.67. The third kappa shape index (κ3) is 3.58. The number of nitrogens with zero attached hydrogens (tertiary/aromatic N) is 3. The number of pyridine rings is 2. The van der Waals surface area contributed by atoms with Crippen LogP contribution in [0.1, 0.15) is 27.8 Å². The molecule has 0 aliphatic heterocycles. The van der Waals surface area contributed by atoms with E-state index >= 15 is 0 Å². The van der Waals surface area contributed by atoms with Crippen molar-refractivity contribution in [2.45, 2.75) is 5.41 Å². The van der Waals surface area contributed by atoms with E-state index in [-0.39, 0.29) is 0 Å². The van der Waals surface area contributed by atoms with Crippen molar-refractivity contribution >= 4 is 0 Å². The van der Waals surface area contributed by atoms with Crippen LogP contribution in [0.25, 0.3) is 33.6 Å². The van der Waals surface area contributed by atoms with E-state index in [1.54, 1.807) is 18.3 Å². The Morgan fingerprint density at radius 2 is 1.21 bits per heavy atom. The number of nitriles is 1. The van der Waals surface area contributed by atoms with Gasteiger partial charge in [-0.3, -0.25) is 9.97 Å². The Bertz CT molecular complexity index is 1810. The zero-order valence-corrected chi connectivity index (χ0v) is 21.1. The molecule has 0 saturated carbocycles. The highest BCUT2D eigenvalue weighted by atomic mass is 14.8. The van der Waals surface area contributed by atoms with E-state index in [9.17, 15) is 5.26 Å². The molecule has 2 aromatic heterocycles. The maximum absolute atomic E-state index is 9.23. The fourth-order valence-corrected chi connectivity index (χ4v) is 5.99. The second-order valence-corrected chi connectivity index (χ2v) is 9.76. The van der Waals surface area contributed by atoms with E-state index in [4.69, 9.17) is 4.98 Å². The van der Waals surface area contributed by atoms with E-state index in [1.807, 2.05) is 12.3 Å². The fourth-order valence-electron chi connectivity index (χ4n) is 5.99. The standard InChI is InChI=1S/C36H23N3/c37-23-25-19-20-38-35(21-25)34-18-16-27(24-39-34)26-15-17-33-31(22-26)30-13-7-8-14-32(30)36(33,28-9-3-1-4-10-28)29-11-5-2-6-12-29/h1-22,24H. The predicted octanol–water partition coefficient (Wildman–Crippen LogP) is 8.05. The first-order valence-corrected chi connectivity index (χ1v) is 13.0. The van der Waals surface area contributed by atoms with Crippen LogP contribution in [-0.4, -0.2) is 9.97 Å². The SMILES string of the molecule is N#Cc1ccnc(-c2ccc(-c3ccc4c(c3)-c3ccccc3C4(c3ccccc3)c3ccccc3)cn2)c1. The second-order valence-electron chi connectivity index (χ2n) is 9.76. The minimum absolute atomic E-state index is 0.396. The molecule has 0 amide bonds. The van der Waals surface area contributed by atoms with Gasteiger partial charge in [-0.2, -0.15) is 5.26 Å². The lowest BCUT2D eigenvalue weighted by Crippen LogP contribution is -2.28. The molecule has 0 N–H and O–H groups in total. The fraction of sp³-hybridized carbons (Fsp3) is 0.0278. The molecule has 0 saturated heterocycles. The molecule has 3 nitrogen and oxygen atoms in total. The summed E-state index contributed by atoms with van der Waals surface area (Å²) < 4.78 is 0. The van der Waals surface area contributed by atoms with Gasteiger partial charge in [-0.25, -0.2) is 0 Å². The zero-order valence-electron chi connectivity index (χ0n) is 21.1. The number of benzene rings is 4. The van der Waals surface area contributed by atoms with Crippen LogP contribution in [0.4, 0.5) is 0 Å². The maximum Gasteiger partial charge on any atom is 0.0992 e. The molecule has 0 atom stereocenters. The largest absolute Gasteiger partial charge is 0.255 e. The molecular weight excluding hydrogens is 474 g/mol. The van der Waals surface area contributed by atoms with Crippen LogP contribution in [0, 0.1) is 11.3 Å². The molecule has 0 fully saturated rings. The summed E-state index contributed by atoms with van der Waals surface area (Å²) in [6.07, 6.45) is 3.54. The second kappa shape index (κ2) is 9.20. The highest BCUT2D eigenvalue weighted by Gasteiger charge is 2.45. The van der Waals surface area contributed by atoms with Gasteiger partial charge >= 0.3 is 0 Å². The van der Waals surface area contributed by atoms with Crippen LogP contribution in [-0.2, 0) is 5.41 Å². The topological polar surface area (TPSA) is 49.6 Å². The van der Waals surface area contributed by atoms with Gasteiger partial charge in [0.15, 0.2) is 0 Å². The average molecular weight is 498 g/mol. The van der Waals surface area contributed by atoms with E-state index in [2.05, 4.69) is 120 Å². The van der Waals surface area contributed by atoms with Crippen molar-refractivity contribution < 1.29 is 0 Å². The lowest BCUT2D eigenvalue weighted by molar-refractivity contribution is 0.768. The summed E-state index contributed by atoms with van der Waals surface area (Å²) in [7, 11) is 0. The van der Waals surface area contributed by atoms with Gasteiger partial charge in [0.25, 0.3) is 0 Å². The molecule has 0 unspecified atom stereocenters. The smallest absolute Gasteiger partial charge is 0.0992 e. The minimum atomic E-state index is -0.396. The molecule has 0 radical (unpaired) electrons. The van der Waals surface area contributed by atoms with Crippen LogP contribution in [0.2, 0.25) is 0 Å². The molecule has 1 aliphatic carbocycles. The van der Waals surface area contributed by atoms with E-state index in [0.29, 0.717) is 11.3 Å².